The van der Waals surface area contributed by atoms with Gasteiger partial charge in [-0.25, -0.2) is 0 Å². The molecule has 0 N–H and O–H groups in total. The summed E-state index contributed by atoms with van der Waals surface area (Å²) in [6.45, 7) is 15.2. The van der Waals surface area contributed by atoms with Gasteiger partial charge in [-0.05, 0) is 42.2 Å². The highest BCUT2D eigenvalue weighted by Gasteiger charge is 2.16. The molecule has 1 atom stereocenters. The number of rotatable bonds is 7. The Morgan fingerprint density at radius 1 is 1.33 bits per heavy atom. The Morgan fingerprint density at radius 3 is 2.50 bits per heavy atom. The van der Waals surface area contributed by atoms with E-state index in [2.05, 4.69) is 65.2 Å². The Labute approximate surface area is 120 Å². The molecular formula is C14H26BrN3. The summed E-state index contributed by atoms with van der Waals surface area (Å²) in [6.07, 6.45) is 1.24. The van der Waals surface area contributed by atoms with Gasteiger partial charge in [0.1, 0.15) is 0 Å². The predicted molar refractivity (Wildman–Crippen MR) is 80.7 cm³/mol. The number of hydrogen-bond acceptors (Lipinski definition) is 2. The van der Waals surface area contributed by atoms with E-state index in [9.17, 15) is 0 Å². The lowest BCUT2D eigenvalue weighted by Crippen LogP contribution is -2.29. The number of halogens is 1. The summed E-state index contributed by atoms with van der Waals surface area (Å²) in [5, 5.41) is 4.56. The van der Waals surface area contributed by atoms with E-state index in [0.717, 1.165) is 37.8 Å². The zero-order chi connectivity index (χ0) is 13.7. The van der Waals surface area contributed by atoms with Crippen molar-refractivity contribution in [1.29, 1.82) is 0 Å². The van der Waals surface area contributed by atoms with Crippen LogP contribution in [0.2, 0.25) is 0 Å². The van der Waals surface area contributed by atoms with Crippen molar-refractivity contribution in [3.8, 4) is 0 Å². The molecular weight excluding hydrogens is 290 g/mol. The van der Waals surface area contributed by atoms with Gasteiger partial charge in [0.2, 0.25) is 0 Å². The summed E-state index contributed by atoms with van der Waals surface area (Å²) >= 11 is 3.67. The molecule has 4 heteroatoms. The fraction of sp³-hybridized carbons (Fsp3) is 0.786. The Bertz CT molecular complexity index is 373. The van der Waals surface area contributed by atoms with Crippen LogP contribution in [0.5, 0.6) is 0 Å². The van der Waals surface area contributed by atoms with Crippen LogP contribution in [0, 0.1) is 12.8 Å². The molecule has 0 saturated carbocycles. The van der Waals surface area contributed by atoms with Crippen molar-refractivity contribution in [2.45, 2.75) is 54.1 Å². The molecule has 0 saturated heterocycles. The van der Waals surface area contributed by atoms with Gasteiger partial charge in [-0.2, -0.15) is 5.10 Å². The molecule has 1 aromatic heterocycles. The topological polar surface area (TPSA) is 21.1 Å². The zero-order valence-corrected chi connectivity index (χ0v) is 13.9. The van der Waals surface area contributed by atoms with Crippen LogP contribution in [-0.2, 0) is 13.1 Å². The number of aryl methyl sites for hydroxylation is 2. The van der Waals surface area contributed by atoms with Gasteiger partial charge in [-0.15, -0.1) is 0 Å². The van der Waals surface area contributed by atoms with Crippen LogP contribution in [-0.4, -0.2) is 27.8 Å². The fourth-order valence-electron chi connectivity index (χ4n) is 2.11. The molecule has 18 heavy (non-hydrogen) atoms. The van der Waals surface area contributed by atoms with E-state index in [-0.39, 0.29) is 0 Å². The van der Waals surface area contributed by atoms with Crippen LogP contribution < -0.4 is 0 Å². The number of hydrogen-bond donors (Lipinski definition) is 0. The lowest BCUT2D eigenvalue weighted by Gasteiger charge is -2.24. The molecule has 0 radical (unpaired) electrons. The molecule has 1 aromatic rings. The molecule has 104 valence electrons. The average molecular weight is 316 g/mol. The molecule has 1 heterocycles. The maximum Gasteiger partial charge on any atom is 0.0739 e. The van der Waals surface area contributed by atoms with E-state index in [1.807, 2.05) is 0 Å². The van der Waals surface area contributed by atoms with Crippen LogP contribution >= 0.6 is 15.9 Å². The van der Waals surface area contributed by atoms with E-state index in [1.54, 1.807) is 0 Å². The minimum Gasteiger partial charge on any atom is -0.297 e. The van der Waals surface area contributed by atoms with Crippen molar-refractivity contribution in [1.82, 2.24) is 14.7 Å². The molecule has 1 unspecified atom stereocenters. The number of nitrogens with zero attached hydrogens (tertiary/aromatic N) is 3. The monoisotopic (exact) mass is 315 g/mol. The molecule has 3 nitrogen and oxygen atoms in total. The molecule has 0 bridgehead atoms. The molecule has 0 spiro atoms. The summed E-state index contributed by atoms with van der Waals surface area (Å²) in [6, 6.07) is 0. The zero-order valence-electron chi connectivity index (χ0n) is 12.3. The van der Waals surface area contributed by atoms with Crippen molar-refractivity contribution in [3.63, 3.8) is 0 Å². The second-order valence-electron chi connectivity index (χ2n) is 5.00. The SMILES string of the molecule is CCC(C)CN(CC)Cc1c(Br)c(C)nn1CC. The second kappa shape index (κ2) is 7.29. The van der Waals surface area contributed by atoms with E-state index < -0.39 is 0 Å². The quantitative estimate of drug-likeness (QED) is 0.762. The average Bonchev–Trinajstić information content (AvgIpc) is 2.65. The highest BCUT2D eigenvalue weighted by molar-refractivity contribution is 9.10. The van der Waals surface area contributed by atoms with Gasteiger partial charge < -0.3 is 0 Å². The first-order valence-electron chi connectivity index (χ1n) is 6.97. The van der Waals surface area contributed by atoms with Gasteiger partial charge >= 0.3 is 0 Å². The Kier molecular flexibility index (Phi) is 6.36. The third-order valence-electron chi connectivity index (χ3n) is 3.54. The van der Waals surface area contributed by atoms with Gasteiger partial charge in [0.05, 0.1) is 15.9 Å². The summed E-state index contributed by atoms with van der Waals surface area (Å²) in [5.41, 5.74) is 2.39. The van der Waals surface area contributed by atoms with E-state index in [0.29, 0.717) is 0 Å². The van der Waals surface area contributed by atoms with Crippen LogP contribution in [0.15, 0.2) is 4.47 Å². The van der Waals surface area contributed by atoms with Crippen molar-refractivity contribution < 1.29 is 0 Å². The first-order valence-corrected chi connectivity index (χ1v) is 7.76. The lowest BCUT2D eigenvalue weighted by molar-refractivity contribution is 0.231. The van der Waals surface area contributed by atoms with E-state index in [4.69, 9.17) is 0 Å². The molecule has 0 aliphatic carbocycles. The van der Waals surface area contributed by atoms with E-state index >= 15 is 0 Å². The van der Waals surface area contributed by atoms with Crippen molar-refractivity contribution in [3.05, 3.63) is 15.9 Å². The first kappa shape index (κ1) is 15.7. The van der Waals surface area contributed by atoms with Crippen LogP contribution in [0.4, 0.5) is 0 Å². The molecule has 0 fully saturated rings. The van der Waals surface area contributed by atoms with Crippen molar-refractivity contribution in [2.75, 3.05) is 13.1 Å². The molecule has 0 aliphatic heterocycles. The fourth-order valence-corrected chi connectivity index (χ4v) is 2.52. The summed E-state index contributed by atoms with van der Waals surface area (Å²) in [4.78, 5) is 2.50. The van der Waals surface area contributed by atoms with Gasteiger partial charge in [0.25, 0.3) is 0 Å². The minimum absolute atomic E-state index is 0.753. The minimum atomic E-state index is 0.753. The Hall–Kier alpha value is -0.350. The summed E-state index contributed by atoms with van der Waals surface area (Å²) < 4.78 is 3.28. The molecule has 1 rings (SSSR count). The Balaban J connectivity index is 2.81. The molecule has 0 amide bonds. The standard InChI is InChI=1S/C14H26BrN3/c1-6-11(4)9-17(7-2)10-13-14(15)12(5)16-18(13)8-3/h11H,6-10H2,1-5H3. The van der Waals surface area contributed by atoms with E-state index in [1.165, 1.54) is 16.6 Å². The summed E-state index contributed by atoms with van der Waals surface area (Å²) in [5.74, 6) is 0.753. The van der Waals surface area contributed by atoms with Gasteiger partial charge in [0, 0.05) is 19.6 Å². The molecule has 0 aliphatic rings. The highest BCUT2D eigenvalue weighted by Crippen LogP contribution is 2.23. The van der Waals surface area contributed by atoms with Crippen LogP contribution in [0.25, 0.3) is 0 Å². The number of aromatic nitrogens is 2. The molecule has 0 aromatic carbocycles. The van der Waals surface area contributed by atoms with Gasteiger partial charge in [-0.3, -0.25) is 9.58 Å². The van der Waals surface area contributed by atoms with Crippen molar-refractivity contribution in [2.24, 2.45) is 5.92 Å². The first-order chi connectivity index (χ1) is 8.53. The van der Waals surface area contributed by atoms with Crippen LogP contribution in [0.3, 0.4) is 0 Å². The third kappa shape index (κ3) is 3.82. The van der Waals surface area contributed by atoms with Crippen molar-refractivity contribution >= 4 is 15.9 Å². The summed E-state index contributed by atoms with van der Waals surface area (Å²) in [7, 11) is 0. The van der Waals surface area contributed by atoms with Gasteiger partial charge in [0.15, 0.2) is 0 Å². The second-order valence-corrected chi connectivity index (χ2v) is 5.80. The maximum absolute atomic E-state index is 4.56. The predicted octanol–water partition coefficient (Wildman–Crippen LogP) is 3.84. The third-order valence-corrected chi connectivity index (χ3v) is 4.57. The van der Waals surface area contributed by atoms with Crippen LogP contribution in [0.1, 0.15) is 45.5 Å². The highest BCUT2D eigenvalue weighted by atomic mass is 79.9. The normalized spacial score (nSPS) is 13.3. The lowest BCUT2D eigenvalue weighted by atomic mass is 10.1. The van der Waals surface area contributed by atoms with Gasteiger partial charge in [-0.1, -0.05) is 27.2 Å². The smallest absolute Gasteiger partial charge is 0.0739 e. The Morgan fingerprint density at radius 2 is 2.00 bits per heavy atom. The maximum atomic E-state index is 4.56. The largest absolute Gasteiger partial charge is 0.297 e.